The van der Waals surface area contributed by atoms with Gasteiger partial charge in [-0.05, 0) is 26.7 Å². The van der Waals surface area contributed by atoms with Crippen molar-refractivity contribution in [1.82, 2.24) is 15.1 Å². The number of aliphatic hydroxyl groups excluding tert-OH is 1. The van der Waals surface area contributed by atoms with Crippen LogP contribution in [0.25, 0.3) is 0 Å². The molecule has 2 rings (SSSR count). The Morgan fingerprint density at radius 2 is 2.15 bits per heavy atom. The molecule has 0 radical (unpaired) electrons. The lowest BCUT2D eigenvalue weighted by atomic mass is 10.2. The van der Waals surface area contributed by atoms with Crippen LogP contribution in [-0.2, 0) is 4.79 Å². The van der Waals surface area contributed by atoms with Gasteiger partial charge in [0.05, 0.1) is 30.2 Å². The summed E-state index contributed by atoms with van der Waals surface area (Å²) >= 11 is 0. The molecule has 1 fully saturated rings. The van der Waals surface area contributed by atoms with Crippen molar-refractivity contribution in [3.8, 4) is 0 Å². The maximum absolute atomic E-state index is 12.2. The lowest BCUT2D eigenvalue weighted by Gasteiger charge is -2.27. The molecular weight excluding hydrogens is 256 g/mol. The fraction of sp³-hybridized carbons (Fsp3) is 0.714. The number of H-pyrrole nitrogens is 1. The van der Waals surface area contributed by atoms with Crippen LogP contribution >= 0.6 is 0 Å². The summed E-state index contributed by atoms with van der Waals surface area (Å²) in [7, 11) is 0. The van der Waals surface area contributed by atoms with E-state index in [0.717, 1.165) is 29.9 Å². The minimum absolute atomic E-state index is 0.0436. The van der Waals surface area contributed by atoms with Gasteiger partial charge in [0.25, 0.3) is 0 Å². The van der Waals surface area contributed by atoms with Crippen molar-refractivity contribution in [3.05, 3.63) is 11.4 Å². The summed E-state index contributed by atoms with van der Waals surface area (Å²) < 4.78 is 0. The average Bonchev–Trinajstić information content (AvgIpc) is 3.04. The molecule has 0 bridgehead atoms. The maximum Gasteiger partial charge on any atom is 0.238 e. The first-order valence-electron chi connectivity index (χ1n) is 7.28. The lowest BCUT2D eigenvalue weighted by molar-refractivity contribution is -0.118. The number of nitrogens with zero attached hydrogens (tertiary/aromatic N) is 2. The number of anilines is 1. The Kier molecular flexibility index (Phi) is 5.14. The van der Waals surface area contributed by atoms with Gasteiger partial charge in [-0.15, -0.1) is 0 Å². The summed E-state index contributed by atoms with van der Waals surface area (Å²) in [5.41, 5.74) is 2.43. The number of hydrogen-bond acceptors (Lipinski definition) is 4. The van der Waals surface area contributed by atoms with Gasteiger partial charge in [-0.1, -0.05) is 12.8 Å². The fourth-order valence-electron chi connectivity index (χ4n) is 2.89. The van der Waals surface area contributed by atoms with Crippen LogP contribution in [0, 0.1) is 13.8 Å². The predicted octanol–water partition coefficient (Wildman–Crippen LogP) is 1.20. The molecule has 6 nitrogen and oxygen atoms in total. The van der Waals surface area contributed by atoms with Gasteiger partial charge in [0, 0.05) is 12.6 Å². The number of amides is 1. The molecule has 1 aromatic rings. The summed E-state index contributed by atoms with van der Waals surface area (Å²) in [6.45, 7) is 4.73. The molecular formula is C14H24N4O2. The Balaban J connectivity index is 1.94. The summed E-state index contributed by atoms with van der Waals surface area (Å²) in [5.74, 6) is -0.0436. The summed E-state index contributed by atoms with van der Waals surface area (Å²) in [4.78, 5) is 14.3. The molecule has 1 saturated carbocycles. The second kappa shape index (κ2) is 6.85. The van der Waals surface area contributed by atoms with Gasteiger partial charge in [0.1, 0.15) is 0 Å². The molecule has 1 aliphatic carbocycles. The highest BCUT2D eigenvalue weighted by Gasteiger charge is 2.24. The molecule has 6 heteroatoms. The number of hydrogen-bond donors (Lipinski definition) is 3. The van der Waals surface area contributed by atoms with E-state index in [1.807, 2.05) is 13.8 Å². The molecule has 0 aliphatic heterocycles. The zero-order valence-corrected chi connectivity index (χ0v) is 12.3. The molecule has 0 saturated heterocycles. The Morgan fingerprint density at radius 1 is 1.45 bits per heavy atom. The molecule has 1 amide bonds. The Hall–Kier alpha value is -1.40. The van der Waals surface area contributed by atoms with Gasteiger partial charge in [0.15, 0.2) is 0 Å². The number of aliphatic hydroxyl groups is 1. The number of rotatable bonds is 6. The van der Waals surface area contributed by atoms with Gasteiger partial charge in [-0.25, -0.2) is 0 Å². The van der Waals surface area contributed by atoms with Crippen LogP contribution in [0.4, 0.5) is 5.69 Å². The third-order valence-electron chi connectivity index (χ3n) is 3.97. The van der Waals surface area contributed by atoms with Crippen LogP contribution in [0.3, 0.4) is 0 Å². The van der Waals surface area contributed by atoms with Gasteiger partial charge in [0.2, 0.25) is 5.91 Å². The second-order valence-corrected chi connectivity index (χ2v) is 5.49. The summed E-state index contributed by atoms with van der Waals surface area (Å²) in [6, 6.07) is 0.430. The maximum atomic E-state index is 12.2. The lowest BCUT2D eigenvalue weighted by Crippen LogP contribution is -2.41. The van der Waals surface area contributed by atoms with E-state index in [-0.39, 0.29) is 12.5 Å². The Bertz CT molecular complexity index is 433. The third kappa shape index (κ3) is 3.58. The molecule has 1 aromatic heterocycles. The van der Waals surface area contributed by atoms with Crippen molar-refractivity contribution in [2.75, 3.05) is 25.0 Å². The van der Waals surface area contributed by atoms with Gasteiger partial charge in [-0.2, -0.15) is 5.10 Å². The minimum atomic E-state index is -0.0436. The molecule has 0 unspecified atom stereocenters. The van der Waals surface area contributed by atoms with E-state index >= 15 is 0 Å². The van der Waals surface area contributed by atoms with Crippen molar-refractivity contribution in [1.29, 1.82) is 0 Å². The summed E-state index contributed by atoms with van der Waals surface area (Å²) in [6.07, 6.45) is 4.68. The SMILES string of the molecule is Cc1n[nH]c(C)c1NC(=O)CN(CCO)C1CCCC1. The molecule has 1 heterocycles. The quantitative estimate of drug-likeness (QED) is 0.731. The van der Waals surface area contributed by atoms with E-state index in [2.05, 4.69) is 20.4 Å². The zero-order chi connectivity index (χ0) is 14.5. The predicted molar refractivity (Wildman–Crippen MR) is 77.6 cm³/mol. The first-order valence-corrected chi connectivity index (χ1v) is 7.28. The third-order valence-corrected chi connectivity index (χ3v) is 3.97. The summed E-state index contributed by atoms with van der Waals surface area (Å²) in [5, 5.41) is 19.0. The largest absolute Gasteiger partial charge is 0.395 e. The molecule has 0 aromatic carbocycles. The number of nitrogens with one attached hydrogen (secondary N) is 2. The highest BCUT2D eigenvalue weighted by atomic mass is 16.3. The number of aryl methyl sites for hydroxylation is 2. The second-order valence-electron chi connectivity index (χ2n) is 5.49. The van der Waals surface area contributed by atoms with Gasteiger partial charge in [-0.3, -0.25) is 14.8 Å². The van der Waals surface area contributed by atoms with Crippen LogP contribution in [0.15, 0.2) is 0 Å². The standard InChI is InChI=1S/C14H24N4O2/c1-10-14(11(2)17-16-10)15-13(20)9-18(7-8-19)12-5-3-4-6-12/h12,19H,3-9H2,1-2H3,(H,15,20)(H,16,17). The van der Waals surface area contributed by atoms with Crippen molar-refractivity contribution in [3.63, 3.8) is 0 Å². The normalized spacial score (nSPS) is 16.0. The van der Waals surface area contributed by atoms with Gasteiger partial charge >= 0.3 is 0 Å². The smallest absolute Gasteiger partial charge is 0.238 e. The molecule has 0 spiro atoms. The first-order chi connectivity index (χ1) is 9.61. The average molecular weight is 280 g/mol. The van der Waals surface area contributed by atoms with E-state index in [4.69, 9.17) is 5.11 Å². The molecule has 20 heavy (non-hydrogen) atoms. The molecule has 3 N–H and O–H groups in total. The number of carbonyl (C=O) groups excluding carboxylic acids is 1. The van der Waals surface area contributed by atoms with E-state index in [0.29, 0.717) is 19.1 Å². The Labute approximate surface area is 119 Å². The molecule has 0 atom stereocenters. The van der Waals surface area contributed by atoms with Crippen molar-refractivity contribution in [2.24, 2.45) is 0 Å². The highest BCUT2D eigenvalue weighted by Crippen LogP contribution is 2.23. The molecule has 112 valence electrons. The van der Waals surface area contributed by atoms with Crippen molar-refractivity contribution < 1.29 is 9.90 Å². The van der Waals surface area contributed by atoms with Gasteiger partial charge < -0.3 is 10.4 Å². The number of aromatic amines is 1. The first kappa shape index (κ1) is 15.0. The van der Waals surface area contributed by atoms with Crippen LogP contribution < -0.4 is 5.32 Å². The van der Waals surface area contributed by atoms with Crippen LogP contribution in [0.5, 0.6) is 0 Å². The van der Waals surface area contributed by atoms with Crippen LogP contribution in [0.2, 0.25) is 0 Å². The van der Waals surface area contributed by atoms with E-state index in [9.17, 15) is 4.79 Å². The monoisotopic (exact) mass is 280 g/mol. The highest BCUT2D eigenvalue weighted by molar-refractivity contribution is 5.93. The van der Waals surface area contributed by atoms with Crippen LogP contribution in [-0.4, -0.2) is 51.8 Å². The molecule has 1 aliphatic rings. The fourth-order valence-corrected chi connectivity index (χ4v) is 2.89. The van der Waals surface area contributed by atoms with Crippen molar-refractivity contribution in [2.45, 2.75) is 45.6 Å². The van der Waals surface area contributed by atoms with Crippen molar-refractivity contribution >= 4 is 11.6 Å². The Morgan fingerprint density at radius 3 is 2.70 bits per heavy atom. The zero-order valence-electron chi connectivity index (χ0n) is 12.3. The topological polar surface area (TPSA) is 81.2 Å². The van der Waals surface area contributed by atoms with E-state index < -0.39 is 0 Å². The minimum Gasteiger partial charge on any atom is -0.395 e. The van der Waals surface area contributed by atoms with Crippen LogP contribution in [0.1, 0.15) is 37.1 Å². The number of carbonyl (C=O) groups is 1. The van der Waals surface area contributed by atoms with E-state index in [1.54, 1.807) is 0 Å². The number of aromatic nitrogens is 2. The van der Waals surface area contributed by atoms with E-state index in [1.165, 1.54) is 12.8 Å².